The molecule has 1 aliphatic heterocycles. The summed E-state index contributed by atoms with van der Waals surface area (Å²) < 4.78 is 7.16. The van der Waals surface area contributed by atoms with Gasteiger partial charge in [0.25, 0.3) is 5.56 Å². The van der Waals surface area contributed by atoms with E-state index in [-0.39, 0.29) is 23.3 Å². The van der Waals surface area contributed by atoms with E-state index < -0.39 is 0 Å². The van der Waals surface area contributed by atoms with Crippen molar-refractivity contribution in [1.82, 2.24) is 19.4 Å². The highest BCUT2D eigenvalue weighted by molar-refractivity contribution is 5.99. The summed E-state index contributed by atoms with van der Waals surface area (Å²) in [6.07, 6.45) is 4.41. The third-order valence-corrected chi connectivity index (χ3v) is 7.27. The molecule has 11 nitrogen and oxygen atoms in total. The third kappa shape index (κ3) is 5.95. The minimum atomic E-state index is -0.352. The number of hydrogen-bond acceptors (Lipinski definition) is 8. The Morgan fingerprint density at radius 1 is 1.19 bits per heavy atom. The fraction of sp³-hybridized carbons (Fsp3) is 0.258. The molecule has 0 saturated carbocycles. The average Bonchev–Trinajstić information content (AvgIpc) is 3.40. The highest BCUT2D eigenvalue weighted by Gasteiger charge is 2.20. The Balaban J connectivity index is 1.44. The first-order valence-corrected chi connectivity index (χ1v) is 13.6. The number of likely N-dealkylation sites (N-methyl/N-ethyl adjacent to an activating group) is 1. The summed E-state index contributed by atoms with van der Waals surface area (Å²) in [5, 5.41) is 6.66. The molecule has 2 N–H and O–H groups in total. The first kappa shape index (κ1) is 28.3. The van der Waals surface area contributed by atoms with E-state index in [1.54, 1.807) is 37.6 Å². The van der Waals surface area contributed by atoms with Crippen molar-refractivity contribution in [2.24, 2.45) is 0 Å². The van der Waals surface area contributed by atoms with Gasteiger partial charge in [-0.1, -0.05) is 12.6 Å². The summed E-state index contributed by atoms with van der Waals surface area (Å²) in [5.74, 6) is 0.732. The molecule has 2 aromatic heterocycles. The molecule has 1 fully saturated rings. The van der Waals surface area contributed by atoms with Gasteiger partial charge in [-0.3, -0.25) is 19.0 Å². The number of methoxy groups -OCH3 is 1. The molecule has 4 aromatic rings. The molecule has 0 aliphatic carbocycles. The lowest BCUT2D eigenvalue weighted by molar-refractivity contribution is -0.127. The van der Waals surface area contributed by atoms with Gasteiger partial charge in [0.1, 0.15) is 5.75 Å². The molecule has 42 heavy (non-hydrogen) atoms. The predicted octanol–water partition coefficient (Wildman–Crippen LogP) is 4.02. The summed E-state index contributed by atoms with van der Waals surface area (Å²) in [6, 6.07) is 14.2. The molecule has 0 unspecified atom stereocenters. The predicted molar refractivity (Wildman–Crippen MR) is 164 cm³/mol. The number of pyridine rings is 1. The SMILES string of the molecule is C=CC(=O)Nc1cccc(-n2c(=O)cc(C)c3cnc(Nc4ccc(N(C)CCN5CCCC5=O)cc4OC)nc32)c1. The number of carbonyl (C=O) groups is 2. The maximum Gasteiger partial charge on any atom is 0.257 e. The van der Waals surface area contributed by atoms with Crippen LogP contribution in [0.25, 0.3) is 16.7 Å². The van der Waals surface area contributed by atoms with Crippen molar-refractivity contribution in [3.05, 3.63) is 83.3 Å². The van der Waals surface area contributed by atoms with Crippen LogP contribution >= 0.6 is 0 Å². The molecule has 0 bridgehead atoms. The van der Waals surface area contributed by atoms with Crippen LogP contribution in [0.1, 0.15) is 18.4 Å². The van der Waals surface area contributed by atoms with Gasteiger partial charge in [0.05, 0.1) is 18.5 Å². The van der Waals surface area contributed by atoms with Gasteiger partial charge < -0.3 is 25.2 Å². The van der Waals surface area contributed by atoms with Crippen molar-refractivity contribution in [1.29, 1.82) is 0 Å². The Kier molecular flexibility index (Phi) is 8.19. The quantitative estimate of drug-likeness (QED) is 0.276. The maximum absolute atomic E-state index is 13.2. The smallest absolute Gasteiger partial charge is 0.257 e. The lowest BCUT2D eigenvalue weighted by atomic mass is 10.2. The number of ether oxygens (including phenoxy) is 1. The van der Waals surface area contributed by atoms with Gasteiger partial charge >= 0.3 is 0 Å². The Hall–Kier alpha value is -5.19. The second-order valence-corrected chi connectivity index (χ2v) is 10.1. The number of anilines is 4. The van der Waals surface area contributed by atoms with Gasteiger partial charge in [0.15, 0.2) is 5.65 Å². The Morgan fingerprint density at radius 2 is 2.02 bits per heavy atom. The highest BCUT2D eigenvalue weighted by Crippen LogP contribution is 2.31. The van der Waals surface area contributed by atoms with Gasteiger partial charge in [-0.25, -0.2) is 4.98 Å². The molecule has 0 radical (unpaired) electrons. The van der Waals surface area contributed by atoms with E-state index in [0.29, 0.717) is 53.4 Å². The number of amides is 2. The van der Waals surface area contributed by atoms with E-state index in [2.05, 4.69) is 27.1 Å². The molecule has 1 aliphatic rings. The minimum absolute atomic E-state index is 0.212. The Morgan fingerprint density at radius 3 is 2.76 bits per heavy atom. The van der Waals surface area contributed by atoms with Crippen LogP contribution in [0.15, 0.2) is 72.2 Å². The number of nitrogens with one attached hydrogen (secondary N) is 2. The van der Waals surface area contributed by atoms with Crippen LogP contribution in [0, 0.1) is 6.92 Å². The van der Waals surface area contributed by atoms with Crippen molar-refractivity contribution >= 4 is 45.9 Å². The van der Waals surface area contributed by atoms with Crippen LogP contribution in [0.2, 0.25) is 0 Å². The first-order chi connectivity index (χ1) is 20.3. The molecule has 0 atom stereocenters. The van der Waals surface area contributed by atoms with Crippen molar-refractivity contribution in [2.45, 2.75) is 19.8 Å². The van der Waals surface area contributed by atoms with Gasteiger partial charge in [-0.05, 0) is 55.3 Å². The molecule has 2 amide bonds. The summed E-state index contributed by atoms with van der Waals surface area (Å²) in [7, 11) is 3.57. The van der Waals surface area contributed by atoms with Crippen LogP contribution < -0.4 is 25.8 Å². The van der Waals surface area contributed by atoms with Crippen LogP contribution in [0.4, 0.5) is 23.0 Å². The third-order valence-electron chi connectivity index (χ3n) is 7.27. The molecule has 5 rings (SSSR count). The van der Waals surface area contributed by atoms with E-state index >= 15 is 0 Å². The summed E-state index contributed by atoms with van der Waals surface area (Å²) >= 11 is 0. The summed E-state index contributed by atoms with van der Waals surface area (Å²) in [4.78, 5) is 50.2. The van der Waals surface area contributed by atoms with Gasteiger partial charge in [-0.15, -0.1) is 0 Å². The first-order valence-electron chi connectivity index (χ1n) is 13.6. The second-order valence-electron chi connectivity index (χ2n) is 10.1. The highest BCUT2D eigenvalue weighted by atomic mass is 16.5. The molecule has 216 valence electrons. The fourth-order valence-electron chi connectivity index (χ4n) is 4.96. The molecule has 1 saturated heterocycles. The number of carbonyl (C=O) groups excluding carboxylic acids is 2. The number of aromatic nitrogens is 3. The molecule has 11 heteroatoms. The summed E-state index contributed by atoms with van der Waals surface area (Å²) in [6.45, 7) is 7.51. The van der Waals surface area contributed by atoms with Crippen LogP contribution in [-0.2, 0) is 9.59 Å². The van der Waals surface area contributed by atoms with E-state index in [1.165, 1.54) is 16.7 Å². The average molecular weight is 568 g/mol. The van der Waals surface area contributed by atoms with E-state index in [1.807, 2.05) is 37.1 Å². The van der Waals surface area contributed by atoms with E-state index in [9.17, 15) is 14.4 Å². The Labute approximate surface area is 243 Å². The van der Waals surface area contributed by atoms with Crippen molar-refractivity contribution in [2.75, 3.05) is 49.3 Å². The van der Waals surface area contributed by atoms with Gasteiger partial charge in [0, 0.05) is 68.2 Å². The zero-order valence-corrected chi connectivity index (χ0v) is 23.9. The largest absolute Gasteiger partial charge is 0.494 e. The number of hydrogen-bond donors (Lipinski definition) is 2. The number of fused-ring (bicyclic) bond motifs is 1. The van der Waals surface area contributed by atoms with Gasteiger partial charge in [0.2, 0.25) is 17.8 Å². The zero-order valence-electron chi connectivity index (χ0n) is 23.9. The zero-order chi connectivity index (χ0) is 29.8. The lowest BCUT2D eigenvalue weighted by Gasteiger charge is -2.24. The van der Waals surface area contributed by atoms with E-state index in [4.69, 9.17) is 9.72 Å². The number of likely N-dealkylation sites (tertiary alicyclic amines) is 1. The van der Waals surface area contributed by atoms with Crippen molar-refractivity contribution < 1.29 is 14.3 Å². The van der Waals surface area contributed by atoms with Crippen molar-refractivity contribution in [3.8, 4) is 11.4 Å². The Bertz CT molecular complexity index is 1730. The topological polar surface area (TPSA) is 122 Å². The molecule has 2 aromatic carbocycles. The lowest BCUT2D eigenvalue weighted by Crippen LogP contribution is -2.33. The van der Waals surface area contributed by atoms with Crippen LogP contribution in [-0.4, -0.2) is 65.0 Å². The second kappa shape index (κ2) is 12.1. The van der Waals surface area contributed by atoms with Crippen molar-refractivity contribution in [3.63, 3.8) is 0 Å². The van der Waals surface area contributed by atoms with Crippen LogP contribution in [0.5, 0.6) is 5.75 Å². The maximum atomic E-state index is 13.2. The number of aryl methyl sites for hydroxylation is 1. The molecule has 3 heterocycles. The minimum Gasteiger partial charge on any atom is -0.494 e. The normalized spacial score (nSPS) is 12.8. The molecular formula is C31H33N7O4. The number of benzene rings is 2. The molecular weight excluding hydrogens is 534 g/mol. The van der Waals surface area contributed by atoms with Crippen LogP contribution in [0.3, 0.4) is 0 Å². The van der Waals surface area contributed by atoms with Gasteiger partial charge in [-0.2, -0.15) is 4.98 Å². The summed E-state index contributed by atoms with van der Waals surface area (Å²) in [5.41, 5.74) is 3.54. The number of nitrogens with zero attached hydrogens (tertiary/aromatic N) is 5. The monoisotopic (exact) mass is 567 g/mol. The van der Waals surface area contributed by atoms with E-state index in [0.717, 1.165) is 24.2 Å². The fourth-order valence-corrected chi connectivity index (χ4v) is 4.96. The standard InChI is InChI=1S/C31H33N7O4/c1-5-27(39)33-21-8-6-9-23(17-21)38-29(41)16-20(2)24-19-32-31(35-30(24)38)34-25-12-11-22(18-26(25)42-4)36(3)14-15-37-13-7-10-28(37)40/h5-6,8-9,11-12,16-19H,1,7,10,13-15H2,2-4H3,(H,33,39)(H,32,34,35). The number of rotatable bonds is 10. The molecule has 0 spiro atoms.